The van der Waals surface area contributed by atoms with E-state index in [1.807, 2.05) is 51.1 Å². The molecule has 2 saturated carbocycles. The first kappa shape index (κ1) is 26.1. The van der Waals surface area contributed by atoms with Crippen LogP contribution in [0.25, 0.3) is 0 Å². The molecule has 0 spiro atoms. The number of rotatable bonds is 10. The maximum atomic E-state index is 13.8. The number of hydrogen-bond donors (Lipinski definition) is 3. The van der Waals surface area contributed by atoms with Gasteiger partial charge in [0, 0.05) is 19.0 Å². The van der Waals surface area contributed by atoms with E-state index < -0.39 is 35.2 Å². The van der Waals surface area contributed by atoms with E-state index in [2.05, 4.69) is 17.2 Å². The molecule has 1 saturated heterocycles. The van der Waals surface area contributed by atoms with E-state index in [9.17, 15) is 19.2 Å². The maximum Gasteiger partial charge on any atom is 0.289 e. The van der Waals surface area contributed by atoms with Gasteiger partial charge in [0.1, 0.15) is 6.04 Å². The minimum atomic E-state index is -0.920. The summed E-state index contributed by atoms with van der Waals surface area (Å²) in [5.74, 6) is -1.44. The Balaban J connectivity index is 1.56. The molecule has 4 rings (SSSR count). The zero-order valence-corrected chi connectivity index (χ0v) is 21.4. The molecule has 8 nitrogen and oxygen atoms in total. The monoisotopic (exact) mass is 494 g/mol. The molecule has 1 aromatic rings. The number of ketones is 1. The Morgan fingerprint density at radius 3 is 2.42 bits per heavy atom. The zero-order valence-electron chi connectivity index (χ0n) is 21.4. The van der Waals surface area contributed by atoms with Gasteiger partial charge in [-0.1, -0.05) is 70.0 Å². The Labute approximate surface area is 213 Å². The molecule has 3 amide bonds. The van der Waals surface area contributed by atoms with Gasteiger partial charge in [0.25, 0.3) is 5.91 Å². The summed E-state index contributed by atoms with van der Waals surface area (Å²) in [6.45, 7) is 9.89. The maximum absolute atomic E-state index is 13.8. The first-order valence-corrected chi connectivity index (χ1v) is 12.9. The number of nitrogens with two attached hydrogens (primary N) is 1. The van der Waals surface area contributed by atoms with Crippen LogP contribution in [-0.2, 0) is 19.2 Å². The lowest BCUT2D eigenvalue weighted by Gasteiger charge is -2.35. The fourth-order valence-corrected chi connectivity index (χ4v) is 5.44. The lowest BCUT2D eigenvalue weighted by molar-refractivity contribution is -0.144. The van der Waals surface area contributed by atoms with Gasteiger partial charge in [0.2, 0.25) is 17.6 Å². The van der Waals surface area contributed by atoms with Gasteiger partial charge in [-0.05, 0) is 35.2 Å². The van der Waals surface area contributed by atoms with Crippen molar-refractivity contribution in [3.05, 3.63) is 48.6 Å². The standard InChI is InChI=1S/C28H38N4O4/c1-5-13-30-26(35)23(33)19(14-16-11-12-16)31-25(34)22-21-18(20(21)17-9-7-6-8-10-17)15-32(22)27(36)24(29)28(2,3)4/h5-10,16,18-22,24H,1,11-15,29H2,2-4H3,(H,30,35)(H,31,34)/t18-,19?,20-,21-,22+,24-/m1/s1. The lowest BCUT2D eigenvalue weighted by Crippen LogP contribution is -2.58. The Morgan fingerprint density at radius 2 is 1.83 bits per heavy atom. The summed E-state index contributed by atoms with van der Waals surface area (Å²) in [5.41, 5.74) is 7.00. The molecule has 0 radical (unpaired) electrons. The number of Topliss-reactive ketones (excluding diaryl/α,β-unsaturated/α-hetero) is 1. The third-order valence-corrected chi connectivity index (χ3v) is 7.80. The number of benzene rings is 1. The van der Waals surface area contributed by atoms with E-state index in [4.69, 9.17) is 5.73 Å². The number of carbonyl (C=O) groups excluding carboxylic acids is 4. The zero-order chi connectivity index (χ0) is 26.2. The van der Waals surface area contributed by atoms with Gasteiger partial charge in [-0.25, -0.2) is 0 Å². The summed E-state index contributed by atoms with van der Waals surface area (Å²) in [6, 6.07) is 7.60. The number of nitrogens with one attached hydrogen (secondary N) is 2. The highest BCUT2D eigenvalue weighted by atomic mass is 16.2. The Kier molecular flexibility index (Phi) is 7.36. The molecule has 6 atom stereocenters. The highest BCUT2D eigenvalue weighted by Crippen LogP contribution is 2.61. The Morgan fingerprint density at radius 1 is 1.17 bits per heavy atom. The van der Waals surface area contributed by atoms with Crippen LogP contribution >= 0.6 is 0 Å². The Hall–Kier alpha value is -3.00. The van der Waals surface area contributed by atoms with Gasteiger partial charge in [0.15, 0.2) is 0 Å². The molecule has 4 N–H and O–H groups in total. The van der Waals surface area contributed by atoms with Gasteiger partial charge in [-0.15, -0.1) is 6.58 Å². The lowest BCUT2D eigenvalue weighted by atomic mass is 9.86. The second kappa shape index (κ2) is 10.2. The average Bonchev–Trinajstić information content (AvgIpc) is 3.77. The van der Waals surface area contributed by atoms with Crippen LogP contribution in [0.15, 0.2) is 43.0 Å². The van der Waals surface area contributed by atoms with Gasteiger partial charge in [0.05, 0.1) is 12.1 Å². The number of fused-ring (bicyclic) bond motifs is 1. The van der Waals surface area contributed by atoms with Crippen LogP contribution in [0.1, 0.15) is 51.5 Å². The molecular formula is C28H38N4O4. The van der Waals surface area contributed by atoms with Crippen LogP contribution < -0.4 is 16.4 Å². The van der Waals surface area contributed by atoms with E-state index in [0.29, 0.717) is 18.9 Å². The third-order valence-electron chi connectivity index (χ3n) is 7.80. The molecule has 1 aliphatic heterocycles. The van der Waals surface area contributed by atoms with Crippen molar-refractivity contribution in [3.63, 3.8) is 0 Å². The molecule has 2 aliphatic carbocycles. The van der Waals surface area contributed by atoms with E-state index in [1.165, 1.54) is 6.08 Å². The number of piperidine rings is 1. The summed E-state index contributed by atoms with van der Waals surface area (Å²) >= 11 is 0. The molecule has 1 unspecified atom stereocenters. The molecule has 1 heterocycles. The Bertz CT molecular complexity index is 1030. The van der Waals surface area contributed by atoms with Crippen LogP contribution in [-0.4, -0.2) is 59.6 Å². The molecule has 3 aliphatic rings. The van der Waals surface area contributed by atoms with Crippen molar-refractivity contribution in [1.29, 1.82) is 0 Å². The molecule has 0 bridgehead atoms. The highest BCUT2D eigenvalue weighted by molar-refractivity contribution is 6.38. The minimum Gasteiger partial charge on any atom is -0.346 e. The topological polar surface area (TPSA) is 122 Å². The summed E-state index contributed by atoms with van der Waals surface area (Å²) in [5, 5.41) is 5.38. The number of hydrogen-bond acceptors (Lipinski definition) is 5. The van der Waals surface area contributed by atoms with E-state index in [1.54, 1.807) is 4.90 Å². The van der Waals surface area contributed by atoms with Gasteiger partial charge >= 0.3 is 0 Å². The normalized spacial score (nSPS) is 26.4. The summed E-state index contributed by atoms with van der Waals surface area (Å²) in [4.78, 5) is 54.1. The van der Waals surface area contributed by atoms with Gasteiger partial charge in [-0.2, -0.15) is 0 Å². The summed E-state index contributed by atoms with van der Waals surface area (Å²) in [6.07, 6.45) is 3.87. The third kappa shape index (κ3) is 5.38. The molecule has 3 fully saturated rings. The van der Waals surface area contributed by atoms with Crippen LogP contribution in [0.4, 0.5) is 0 Å². The van der Waals surface area contributed by atoms with Crippen molar-refractivity contribution < 1.29 is 19.2 Å². The molecule has 1 aromatic carbocycles. The van der Waals surface area contributed by atoms with Crippen molar-refractivity contribution in [2.75, 3.05) is 13.1 Å². The molecular weight excluding hydrogens is 456 g/mol. The fourth-order valence-electron chi connectivity index (χ4n) is 5.44. The second-order valence-corrected chi connectivity index (χ2v) is 11.6. The molecule has 8 heteroatoms. The van der Waals surface area contributed by atoms with E-state index >= 15 is 0 Å². The minimum absolute atomic E-state index is 0.0465. The van der Waals surface area contributed by atoms with Gasteiger partial charge in [-0.3, -0.25) is 19.2 Å². The number of likely N-dealkylation sites (tertiary alicyclic amines) is 1. The largest absolute Gasteiger partial charge is 0.346 e. The van der Waals surface area contributed by atoms with Crippen LogP contribution in [0, 0.1) is 23.2 Å². The van der Waals surface area contributed by atoms with E-state index in [0.717, 1.165) is 18.4 Å². The summed E-state index contributed by atoms with van der Waals surface area (Å²) in [7, 11) is 0. The van der Waals surface area contributed by atoms with Crippen molar-refractivity contribution >= 4 is 23.5 Å². The average molecular weight is 495 g/mol. The SMILES string of the molecule is C=CCNC(=O)C(=O)C(CC1CC1)NC(=O)[C@@H]1[C@@H]2[C@H](CN1C(=O)[C@@H](N)C(C)(C)C)[C@H]2c1ccccc1. The predicted octanol–water partition coefficient (Wildman–Crippen LogP) is 1.76. The smallest absolute Gasteiger partial charge is 0.289 e. The molecule has 0 aromatic heterocycles. The number of amides is 3. The molecule has 194 valence electrons. The fraction of sp³-hybridized carbons (Fsp3) is 0.571. The van der Waals surface area contributed by atoms with Crippen LogP contribution in [0.5, 0.6) is 0 Å². The summed E-state index contributed by atoms with van der Waals surface area (Å²) < 4.78 is 0. The van der Waals surface area contributed by atoms with Crippen LogP contribution in [0.3, 0.4) is 0 Å². The highest BCUT2D eigenvalue weighted by Gasteiger charge is 2.65. The van der Waals surface area contributed by atoms with Crippen molar-refractivity contribution in [2.24, 2.45) is 28.9 Å². The molecule has 36 heavy (non-hydrogen) atoms. The quantitative estimate of drug-likeness (QED) is 0.338. The van der Waals surface area contributed by atoms with Crippen LogP contribution in [0.2, 0.25) is 0 Å². The first-order valence-electron chi connectivity index (χ1n) is 12.9. The van der Waals surface area contributed by atoms with Crippen molar-refractivity contribution in [3.8, 4) is 0 Å². The van der Waals surface area contributed by atoms with Crippen molar-refractivity contribution in [1.82, 2.24) is 15.5 Å². The number of carbonyl (C=O) groups is 4. The first-order chi connectivity index (χ1) is 17.0. The number of nitrogens with zero attached hydrogens (tertiary/aromatic N) is 1. The van der Waals surface area contributed by atoms with E-state index in [-0.39, 0.29) is 36.1 Å². The predicted molar refractivity (Wildman–Crippen MR) is 137 cm³/mol. The second-order valence-electron chi connectivity index (χ2n) is 11.6. The van der Waals surface area contributed by atoms with Gasteiger partial charge < -0.3 is 21.3 Å². The van der Waals surface area contributed by atoms with Crippen molar-refractivity contribution in [2.45, 2.75) is 64.1 Å².